The topological polar surface area (TPSA) is 58.1 Å². The van der Waals surface area contributed by atoms with Crippen LogP contribution in [-0.4, -0.2) is 48.5 Å². The predicted octanol–water partition coefficient (Wildman–Crippen LogP) is 3.01. The number of amides is 1. The SMILES string of the molecule is BrCc1cnc2ccccc2n1.C=CC.CN(C)CCNC=O. The zero-order valence-corrected chi connectivity index (χ0v) is 15.6. The van der Waals surface area contributed by atoms with Gasteiger partial charge < -0.3 is 10.2 Å². The molecule has 23 heavy (non-hydrogen) atoms. The average molecular weight is 381 g/mol. The van der Waals surface area contributed by atoms with Crippen molar-refractivity contribution in [2.24, 2.45) is 0 Å². The highest BCUT2D eigenvalue weighted by Crippen LogP contribution is 2.09. The maximum absolute atomic E-state index is 9.66. The van der Waals surface area contributed by atoms with Crippen LogP contribution >= 0.6 is 15.9 Å². The Morgan fingerprint density at radius 1 is 1.30 bits per heavy atom. The summed E-state index contributed by atoms with van der Waals surface area (Å²) in [5, 5.41) is 3.31. The van der Waals surface area contributed by atoms with Gasteiger partial charge in [0.2, 0.25) is 6.41 Å². The van der Waals surface area contributed by atoms with Gasteiger partial charge in [-0.15, -0.1) is 6.58 Å². The van der Waals surface area contributed by atoms with Crippen LogP contribution in [0, 0.1) is 0 Å². The molecule has 2 aromatic rings. The third kappa shape index (κ3) is 10.5. The van der Waals surface area contributed by atoms with Crippen LogP contribution in [0.1, 0.15) is 12.6 Å². The van der Waals surface area contributed by atoms with E-state index in [1.165, 1.54) is 0 Å². The maximum Gasteiger partial charge on any atom is 0.207 e. The highest BCUT2D eigenvalue weighted by Gasteiger charge is 1.95. The van der Waals surface area contributed by atoms with Gasteiger partial charge in [-0.25, -0.2) is 4.98 Å². The van der Waals surface area contributed by atoms with Crippen molar-refractivity contribution in [2.75, 3.05) is 27.2 Å². The van der Waals surface area contributed by atoms with E-state index in [-0.39, 0.29) is 0 Å². The minimum atomic E-state index is 0.712. The zero-order chi connectivity index (χ0) is 17.5. The molecule has 0 radical (unpaired) electrons. The van der Waals surface area contributed by atoms with Crippen molar-refractivity contribution >= 4 is 33.4 Å². The number of para-hydroxylation sites is 2. The Kier molecular flexibility index (Phi) is 12.8. The number of alkyl halides is 1. The van der Waals surface area contributed by atoms with E-state index in [2.05, 4.69) is 37.8 Å². The molecule has 0 saturated carbocycles. The number of fused-ring (bicyclic) bond motifs is 1. The second kappa shape index (κ2) is 13.8. The van der Waals surface area contributed by atoms with Crippen LogP contribution in [0.4, 0.5) is 0 Å². The minimum Gasteiger partial charge on any atom is -0.357 e. The molecule has 2 rings (SSSR count). The number of allylic oxidation sites excluding steroid dienone is 1. The van der Waals surface area contributed by atoms with Gasteiger partial charge in [-0.2, -0.15) is 0 Å². The van der Waals surface area contributed by atoms with Gasteiger partial charge in [0.05, 0.1) is 16.7 Å². The molecule has 0 unspecified atom stereocenters. The van der Waals surface area contributed by atoms with Crippen molar-refractivity contribution in [3.63, 3.8) is 0 Å². The standard InChI is InChI=1S/C9H7BrN2.C5H12N2O.C3H6/c10-5-7-6-11-8-3-1-2-4-9(8)12-7;1-7(2)4-3-6-5-8;1-3-2/h1-4,6H,5H2;5H,3-4H2,1-2H3,(H,6,8);3H,1H2,2H3. The lowest BCUT2D eigenvalue weighted by atomic mass is 10.3. The van der Waals surface area contributed by atoms with Gasteiger partial charge in [0.1, 0.15) is 0 Å². The van der Waals surface area contributed by atoms with E-state index >= 15 is 0 Å². The molecule has 1 amide bonds. The van der Waals surface area contributed by atoms with Gasteiger partial charge in [-0.1, -0.05) is 34.1 Å². The first-order valence-electron chi connectivity index (χ1n) is 7.24. The highest BCUT2D eigenvalue weighted by molar-refractivity contribution is 9.08. The summed E-state index contributed by atoms with van der Waals surface area (Å²) in [5.74, 6) is 0. The maximum atomic E-state index is 9.66. The first-order valence-corrected chi connectivity index (χ1v) is 8.36. The monoisotopic (exact) mass is 380 g/mol. The summed E-state index contributed by atoms with van der Waals surface area (Å²) in [5.41, 5.74) is 2.87. The summed E-state index contributed by atoms with van der Waals surface area (Å²) in [4.78, 5) is 20.3. The van der Waals surface area contributed by atoms with Crippen molar-refractivity contribution < 1.29 is 4.79 Å². The predicted molar refractivity (Wildman–Crippen MR) is 101 cm³/mol. The van der Waals surface area contributed by atoms with Crippen LogP contribution in [0.25, 0.3) is 11.0 Å². The van der Waals surface area contributed by atoms with E-state index in [0.717, 1.165) is 35.1 Å². The molecule has 126 valence electrons. The number of carbonyl (C=O) groups is 1. The molecule has 1 N–H and O–H groups in total. The van der Waals surface area contributed by atoms with Crippen LogP contribution in [0.15, 0.2) is 43.1 Å². The van der Waals surface area contributed by atoms with Crippen molar-refractivity contribution in [2.45, 2.75) is 12.3 Å². The van der Waals surface area contributed by atoms with Gasteiger partial charge in [0.15, 0.2) is 0 Å². The number of likely N-dealkylation sites (N-methyl/N-ethyl adjacent to an activating group) is 1. The fourth-order valence-corrected chi connectivity index (χ4v) is 1.68. The van der Waals surface area contributed by atoms with E-state index in [4.69, 9.17) is 0 Å². The smallest absolute Gasteiger partial charge is 0.207 e. The molecule has 1 heterocycles. The number of aromatic nitrogens is 2. The molecule has 6 heteroatoms. The molecule has 0 atom stereocenters. The van der Waals surface area contributed by atoms with Gasteiger partial charge in [0.25, 0.3) is 0 Å². The molecule has 0 fully saturated rings. The molecular formula is C17H25BrN4O. The Morgan fingerprint density at radius 3 is 2.43 bits per heavy atom. The molecule has 0 aliphatic heterocycles. The molecule has 1 aromatic heterocycles. The third-order valence-electron chi connectivity index (χ3n) is 2.42. The van der Waals surface area contributed by atoms with Crippen molar-refractivity contribution in [1.82, 2.24) is 20.2 Å². The van der Waals surface area contributed by atoms with Gasteiger partial charge >= 0.3 is 0 Å². The largest absolute Gasteiger partial charge is 0.357 e. The Labute approximate surface area is 146 Å². The molecule has 1 aromatic carbocycles. The van der Waals surface area contributed by atoms with Crippen LogP contribution < -0.4 is 5.32 Å². The van der Waals surface area contributed by atoms with Gasteiger partial charge in [-0.05, 0) is 33.2 Å². The number of nitrogens with zero attached hydrogens (tertiary/aromatic N) is 3. The Balaban J connectivity index is 0.000000385. The number of benzene rings is 1. The fraction of sp³-hybridized carbons (Fsp3) is 0.353. The van der Waals surface area contributed by atoms with Crippen LogP contribution in [0.5, 0.6) is 0 Å². The quantitative estimate of drug-likeness (QED) is 0.374. The first-order chi connectivity index (χ1) is 11.1. The summed E-state index contributed by atoms with van der Waals surface area (Å²) in [6, 6.07) is 7.86. The van der Waals surface area contributed by atoms with Crippen molar-refractivity contribution in [1.29, 1.82) is 0 Å². The van der Waals surface area contributed by atoms with E-state index < -0.39 is 0 Å². The summed E-state index contributed by atoms with van der Waals surface area (Å²) < 4.78 is 0. The highest BCUT2D eigenvalue weighted by atomic mass is 79.9. The summed E-state index contributed by atoms with van der Waals surface area (Å²) in [6.45, 7) is 6.88. The van der Waals surface area contributed by atoms with E-state index in [9.17, 15) is 4.79 Å². The Morgan fingerprint density at radius 2 is 1.91 bits per heavy atom. The first kappa shape index (κ1) is 21.2. The Hall–Kier alpha value is -1.79. The number of hydrogen-bond acceptors (Lipinski definition) is 4. The van der Waals surface area contributed by atoms with Gasteiger partial charge in [-0.3, -0.25) is 9.78 Å². The van der Waals surface area contributed by atoms with Crippen LogP contribution in [-0.2, 0) is 10.1 Å². The molecule has 0 saturated heterocycles. The fourth-order valence-electron chi connectivity index (χ4n) is 1.41. The van der Waals surface area contributed by atoms with Crippen LogP contribution in [0.3, 0.4) is 0 Å². The lowest BCUT2D eigenvalue weighted by molar-refractivity contribution is -0.109. The van der Waals surface area contributed by atoms with E-state index in [0.29, 0.717) is 6.41 Å². The van der Waals surface area contributed by atoms with E-state index in [1.54, 1.807) is 12.3 Å². The van der Waals surface area contributed by atoms with Crippen molar-refractivity contribution in [3.05, 3.63) is 48.8 Å². The average Bonchev–Trinajstić information content (AvgIpc) is 2.55. The second-order valence-electron chi connectivity index (χ2n) is 4.77. The molecule has 0 aliphatic carbocycles. The lowest BCUT2D eigenvalue weighted by Gasteiger charge is -2.06. The van der Waals surface area contributed by atoms with Crippen LogP contribution in [0.2, 0.25) is 0 Å². The molecule has 0 aliphatic rings. The zero-order valence-electron chi connectivity index (χ0n) is 14.0. The van der Waals surface area contributed by atoms with E-state index in [1.807, 2.05) is 50.2 Å². The lowest BCUT2D eigenvalue weighted by Crippen LogP contribution is -2.25. The Bertz CT molecular complexity index is 575. The second-order valence-corrected chi connectivity index (χ2v) is 5.33. The normalized spacial score (nSPS) is 9.26. The summed E-state index contributed by atoms with van der Waals surface area (Å²) in [6.07, 6.45) is 4.25. The summed E-state index contributed by atoms with van der Waals surface area (Å²) >= 11 is 3.34. The summed E-state index contributed by atoms with van der Waals surface area (Å²) in [7, 11) is 3.93. The molecule has 0 spiro atoms. The van der Waals surface area contributed by atoms with Gasteiger partial charge in [0, 0.05) is 24.6 Å². The number of carbonyl (C=O) groups excluding carboxylic acids is 1. The number of halogens is 1. The minimum absolute atomic E-state index is 0.712. The van der Waals surface area contributed by atoms with Crippen molar-refractivity contribution in [3.8, 4) is 0 Å². The molecule has 0 bridgehead atoms. The number of nitrogens with one attached hydrogen (secondary N) is 1. The third-order valence-corrected chi connectivity index (χ3v) is 3.00. The number of hydrogen-bond donors (Lipinski definition) is 1. The number of rotatable bonds is 5. The molecular weight excluding hydrogens is 356 g/mol. The molecule has 5 nitrogen and oxygen atoms in total.